The fourth-order valence-electron chi connectivity index (χ4n) is 7.38. The Bertz CT molecular complexity index is 2770. The Morgan fingerprint density at radius 3 is 1.20 bits per heavy atom. The minimum atomic E-state index is 0.823. The van der Waals surface area contributed by atoms with Gasteiger partial charge in [-0.1, -0.05) is 133 Å². The molecule has 0 spiro atoms. The van der Waals surface area contributed by atoms with Crippen molar-refractivity contribution in [2.75, 3.05) is 0 Å². The fourth-order valence-corrected chi connectivity index (χ4v) is 7.38. The highest BCUT2D eigenvalue weighted by Crippen LogP contribution is 2.46. The zero-order valence-electron chi connectivity index (χ0n) is 27.1. The van der Waals surface area contributed by atoms with Crippen molar-refractivity contribution in [1.82, 2.24) is 0 Å². The summed E-state index contributed by atoms with van der Waals surface area (Å²) in [5.74, 6) is 0. The van der Waals surface area contributed by atoms with Crippen molar-refractivity contribution < 1.29 is 8.83 Å². The molecular weight excluding hydrogens is 609 g/mol. The van der Waals surface area contributed by atoms with Gasteiger partial charge in [0.05, 0.1) is 5.39 Å². The first-order chi connectivity index (χ1) is 24.8. The van der Waals surface area contributed by atoms with E-state index in [1.807, 2.05) is 0 Å². The third-order valence-corrected chi connectivity index (χ3v) is 9.85. The highest BCUT2D eigenvalue weighted by Gasteiger charge is 2.22. The summed E-state index contributed by atoms with van der Waals surface area (Å²) in [5.41, 5.74) is 14.8. The van der Waals surface area contributed by atoms with Gasteiger partial charge in [-0.25, -0.2) is 0 Å². The SMILES string of the molecule is c1ccc(-c2cc(-c3ccccc3)cc(-c3cc4c5cc(-c6ccccc6)ccc5oc4c4c3oc3ccc(-c5ccccc5)cc34)c2)cc1. The smallest absolute Gasteiger partial charge is 0.147 e. The maximum absolute atomic E-state index is 6.86. The summed E-state index contributed by atoms with van der Waals surface area (Å²) in [7, 11) is 0. The Hall–Kier alpha value is -6.64. The molecule has 0 N–H and O–H groups in total. The summed E-state index contributed by atoms with van der Waals surface area (Å²) in [5, 5.41) is 4.19. The molecule has 2 heterocycles. The maximum atomic E-state index is 6.86. The predicted molar refractivity (Wildman–Crippen MR) is 208 cm³/mol. The Morgan fingerprint density at radius 2 is 0.680 bits per heavy atom. The summed E-state index contributed by atoms with van der Waals surface area (Å²) in [4.78, 5) is 0. The van der Waals surface area contributed by atoms with E-state index in [0.717, 1.165) is 82.8 Å². The van der Waals surface area contributed by atoms with Crippen LogP contribution >= 0.6 is 0 Å². The first kappa shape index (κ1) is 28.4. The molecule has 0 radical (unpaired) electrons. The minimum absolute atomic E-state index is 0.823. The lowest BCUT2D eigenvalue weighted by molar-refractivity contribution is 0.663. The van der Waals surface area contributed by atoms with E-state index in [-0.39, 0.29) is 0 Å². The summed E-state index contributed by atoms with van der Waals surface area (Å²) in [6.45, 7) is 0. The van der Waals surface area contributed by atoms with Crippen molar-refractivity contribution in [1.29, 1.82) is 0 Å². The van der Waals surface area contributed by atoms with Crippen LogP contribution in [0.2, 0.25) is 0 Å². The molecule has 2 heteroatoms. The maximum Gasteiger partial charge on any atom is 0.147 e. The largest absolute Gasteiger partial charge is 0.455 e. The van der Waals surface area contributed by atoms with E-state index in [0.29, 0.717) is 0 Å². The van der Waals surface area contributed by atoms with Crippen molar-refractivity contribution in [2.45, 2.75) is 0 Å². The van der Waals surface area contributed by atoms with Gasteiger partial charge in [0.1, 0.15) is 22.3 Å². The van der Waals surface area contributed by atoms with Crippen LogP contribution in [-0.4, -0.2) is 0 Å². The average Bonchev–Trinajstić information content (AvgIpc) is 3.76. The molecule has 50 heavy (non-hydrogen) atoms. The quantitative estimate of drug-likeness (QED) is 0.187. The van der Waals surface area contributed by atoms with Gasteiger partial charge in [0.15, 0.2) is 0 Å². The second-order valence-corrected chi connectivity index (χ2v) is 12.9. The van der Waals surface area contributed by atoms with E-state index in [1.54, 1.807) is 0 Å². The van der Waals surface area contributed by atoms with E-state index < -0.39 is 0 Å². The van der Waals surface area contributed by atoms with E-state index >= 15 is 0 Å². The van der Waals surface area contributed by atoms with Crippen molar-refractivity contribution in [3.8, 4) is 55.6 Å². The van der Waals surface area contributed by atoms with Crippen LogP contribution in [0.3, 0.4) is 0 Å². The van der Waals surface area contributed by atoms with Crippen LogP contribution in [0.4, 0.5) is 0 Å². The van der Waals surface area contributed by atoms with Crippen molar-refractivity contribution in [3.05, 3.63) is 182 Å². The van der Waals surface area contributed by atoms with Gasteiger partial charge in [-0.2, -0.15) is 0 Å². The second kappa shape index (κ2) is 11.5. The van der Waals surface area contributed by atoms with Gasteiger partial charge in [-0.3, -0.25) is 0 Å². The van der Waals surface area contributed by atoms with Crippen molar-refractivity contribution in [3.63, 3.8) is 0 Å². The summed E-state index contributed by atoms with van der Waals surface area (Å²) >= 11 is 0. The zero-order valence-corrected chi connectivity index (χ0v) is 27.1. The standard InChI is InChI=1S/C48H30O2/c1-5-13-31(14-6-1)35-21-23-44-41(28-35)42-30-40(39-26-37(33-17-9-3-10-18-33)25-38(27-39)34-19-11-4-12-20-34)47-46(48(42)49-44)43-29-36(22-24-45(43)50-47)32-15-7-2-8-16-32/h1-30H. The zero-order chi connectivity index (χ0) is 33.0. The van der Waals surface area contributed by atoms with Crippen LogP contribution in [0.15, 0.2) is 191 Å². The molecule has 0 atom stereocenters. The molecule has 8 aromatic carbocycles. The lowest BCUT2D eigenvalue weighted by Gasteiger charge is -2.12. The molecule has 0 amide bonds. The second-order valence-electron chi connectivity index (χ2n) is 12.9. The lowest BCUT2D eigenvalue weighted by atomic mass is 9.91. The Kier molecular flexibility index (Phi) is 6.53. The van der Waals surface area contributed by atoms with Crippen LogP contribution in [0.5, 0.6) is 0 Å². The van der Waals surface area contributed by atoms with Gasteiger partial charge in [-0.15, -0.1) is 0 Å². The Balaban J connectivity index is 1.31. The Labute approximate surface area is 289 Å². The molecule has 10 rings (SSSR count). The average molecular weight is 639 g/mol. The molecule has 10 aromatic rings. The molecular formula is C48H30O2. The van der Waals surface area contributed by atoms with Gasteiger partial charge in [-0.05, 0) is 98.6 Å². The summed E-state index contributed by atoms with van der Waals surface area (Å²) in [6, 6.07) is 64.4. The first-order valence-electron chi connectivity index (χ1n) is 17.0. The third kappa shape index (κ3) is 4.73. The van der Waals surface area contributed by atoms with E-state index in [2.05, 4.69) is 182 Å². The monoisotopic (exact) mass is 638 g/mol. The number of benzene rings is 8. The Morgan fingerprint density at radius 1 is 0.260 bits per heavy atom. The molecule has 0 saturated carbocycles. The highest BCUT2D eigenvalue weighted by atomic mass is 16.3. The highest BCUT2D eigenvalue weighted by molar-refractivity contribution is 6.26. The topological polar surface area (TPSA) is 26.3 Å². The van der Waals surface area contributed by atoms with E-state index in [4.69, 9.17) is 8.83 Å². The first-order valence-corrected chi connectivity index (χ1v) is 17.0. The van der Waals surface area contributed by atoms with Gasteiger partial charge >= 0.3 is 0 Å². The predicted octanol–water partition coefficient (Wildman–Crippen LogP) is 13.8. The van der Waals surface area contributed by atoms with Gasteiger partial charge < -0.3 is 8.83 Å². The number of fused-ring (bicyclic) bond motifs is 7. The van der Waals surface area contributed by atoms with Gasteiger partial charge in [0.2, 0.25) is 0 Å². The van der Waals surface area contributed by atoms with E-state index in [9.17, 15) is 0 Å². The molecule has 0 aliphatic rings. The minimum Gasteiger partial charge on any atom is -0.455 e. The molecule has 0 unspecified atom stereocenters. The summed E-state index contributed by atoms with van der Waals surface area (Å²) < 4.78 is 13.6. The van der Waals surface area contributed by atoms with Gasteiger partial charge in [0.25, 0.3) is 0 Å². The van der Waals surface area contributed by atoms with Crippen LogP contribution in [0.25, 0.3) is 99.5 Å². The molecule has 0 fully saturated rings. The van der Waals surface area contributed by atoms with Crippen molar-refractivity contribution in [2.24, 2.45) is 0 Å². The van der Waals surface area contributed by atoms with Crippen LogP contribution in [0.1, 0.15) is 0 Å². The molecule has 0 saturated heterocycles. The van der Waals surface area contributed by atoms with Crippen LogP contribution < -0.4 is 0 Å². The molecule has 2 aromatic heterocycles. The molecule has 2 nitrogen and oxygen atoms in total. The third-order valence-electron chi connectivity index (χ3n) is 9.85. The van der Waals surface area contributed by atoms with E-state index in [1.165, 1.54) is 16.7 Å². The molecule has 0 aliphatic carbocycles. The lowest BCUT2D eigenvalue weighted by Crippen LogP contribution is -1.87. The number of furan rings is 2. The van der Waals surface area contributed by atoms with Crippen LogP contribution in [-0.2, 0) is 0 Å². The fraction of sp³-hybridized carbons (Fsp3) is 0. The normalized spacial score (nSPS) is 11.6. The number of hydrogen-bond donors (Lipinski definition) is 0. The summed E-state index contributed by atoms with van der Waals surface area (Å²) in [6.07, 6.45) is 0. The van der Waals surface area contributed by atoms with Crippen molar-refractivity contribution >= 4 is 43.9 Å². The molecule has 234 valence electrons. The molecule has 0 bridgehead atoms. The number of hydrogen-bond acceptors (Lipinski definition) is 2. The van der Waals surface area contributed by atoms with Crippen LogP contribution in [0, 0.1) is 0 Å². The van der Waals surface area contributed by atoms with Gasteiger partial charge in [0, 0.05) is 21.7 Å². The molecule has 0 aliphatic heterocycles. The number of rotatable bonds is 5.